The standard InChI is InChI=1S/C19H21F2N7O/c1-26-10-14(17(25-26)18(20)21)23-19(29)15-6-4-12-5-7-16(24-28(12)15)27-9-11-2-3-13(27)8-22-11/h4-7,10-11,13,18,22H,2-3,8-9H2,1H3,(H,23,29)/t11-,13-/m1/s1. The van der Waals surface area contributed by atoms with Crippen LogP contribution in [0.3, 0.4) is 0 Å². The largest absolute Gasteiger partial charge is 0.349 e. The van der Waals surface area contributed by atoms with E-state index in [2.05, 4.69) is 25.7 Å². The minimum Gasteiger partial charge on any atom is -0.349 e. The summed E-state index contributed by atoms with van der Waals surface area (Å²) in [6.07, 6.45) is 0.876. The number of anilines is 2. The summed E-state index contributed by atoms with van der Waals surface area (Å²) in [6.45, 7) is 1.82. The molecule has 6 heterocycles. The number of nitrogens with one attached hydrogen (secondary N) is 2. The van der Waals surface area contributed by atoms with Gasteiger partial charge in [0.05, 0.1) is 11.2 Å². The van der Waals surface area contributed by atoms with Crippen LogP contribution in [-0.4, -0.2) is 50.5 Å². The molecule has 3 aromatic heterocycles. The Balaban J connectivity index is 1.45. The first-order valence-corrected chi connectivity index (χ1v) is 9.61. The van der Waals surface area contributed by atoms with E-state index in [9.17, 15) is 13.6 Å². The lowest BCUT2D eigenvalue weighted by atomic mass is 9.93. The van der Waals surface area contributed by atoms with Gasteiger partial charge in [0, 0.05) is 38.4 Å². The monoisotopic (exact) mass is 401 g/mol. The molecular formula is C19H21F2N7O. The predicted octanol–water partition coefficient (Wildman–Crippen LogP) is 2.20. The number of halogens is 2. The fourth-order valence-electron chi connectivity index (χ4n) is 4.24. The number of piperazine rings is 1. The molecule has 152 valence electrons. The lowest BCUT2D eigenvalue weighted by Crippen LogP contribution is -2.61. The van der Waals surface area contributed by atoms with Gasteiger partial charge in [-0.3, -0.25) is 9.48 Å². The van der Waals surface area contributed by atoms with Crippen molar-refractivity contribution in [2.45, 2.75) is 31.4 Å². The molecule has 0 saturated carbocycles. The van der Waals surface area contributed by atoms with Gasteiger partial charge in [-0.15, -0.1) is 5.10 Å². The average Bonchev–Trinajstić information content (AvgIpc) is 3.31. The Morgan fingerprint density at radius 3 is 2.76 bits per heavy atom. The van der Waals surface area contributed by atoms with E-state index in [1.54, 1.807) is 16.6 Å². The molecule has 0 unspecified atom stereocenters. The van der Waals surface area contributed by atoms with Gasteiger partial charge in [-0.2, -0.15) is 5.10 Å². The Morgan fingerprint density at radius 1 is 1.24 bits per heavy atom. The third-order valence-corrected chi connectivity index (χ3v) is 5.68. The summed E-state index contributed by atoms with van der Waals surface area (Å²) in [7, 11) is 1.53. The second-order valence-corrected chi connectivity index (χ2v) is 7.59. The highest BCUT2D eigenvalue weighted by Gasteiger charge is 2.34. The molecule has 6 rings (SSSR count). The van der Waals surface area contributed by atoms with Gasteiger partial charge >= 0.3 is 0 Å². The molecule has 0 aromatic carbocycles. The third kappa shape index (κ3) is 3.13. The van der Waals surface area contributed by atoms with Crippen LogP contribution >= 0.6 is 0 Å². The lowest BCUT2D eigenvalue weighted by molar-refractivity contribution is 0.101. The molecule has 3 saturated heterocycles. The molecule has 2 bridgehead atoms. The van der Waals surface area contributed by atoms with Crippen molar-refractivity contribution in [1.82, 2.24) is 24.7 Å². The number of piperidine rings is 2. The molecule has 3 fully saturated rings. The Bertz CT molecular complexity index is 1070. The fourth-order valence-corrected chi connectivity index (χ4v) is 4.24. The number of alkyl halides is 2. The van der Waals surface area contributed by atoms with Gasteiger partial charge in [0.25, 0.3) is 12.3 Å². The first-order chi connectivity index (χ1) is 14.0. The number of hydrogen-bond donors (Lipinski definition) is 2. The van der Waals surface area contributed by atoms with Crippen LogP contribution in [0.5, 0.6) is 0 Å². The summed E-state index contributed by atoms with van der Waals surface area (Å²) < 4.78 is 29.1. The first-order valence-electron chi connectivity index (χ1n) is 9.61. The zero-order chi connectivity index (χ0) is 20.1. The highest BCUT2D eigenvalue weighted by molar-refractivity contribution is 6.04. The highest BCUT2D eigenvalue weighted by atomic mass is 19.3. The van der Waals surface area contributed by atoms with Crippen molar-refractivity contribution >= 4 is 22.9 Å². The van der Waals surface area contributed by atoms with Gasteiger partial charge < -0.3 is 15.5 Å². The normalized spacial score (nSPS) is 21.3. The predicted molar refractivity (Wildman–Crippen MR) is 103 cm³/mol. The Hall–Kier alpha value is -3.01. The van der Waals surface area contributed by atoms with Crippen molar-refractivity contribution in [2.24, 2.45) is 7.05 Å². The summed E-state index contributed by atoms with van der Waals surface area (Å²) in [5.74, 6) is 0.306. The van der Waals surface area contributed by atoms with Crippen LogP contribution in [0.2, 0.25) is 0 Å². The van der Waals surface area contributed by atoms with Gasteiger partial charge in [-0.1, -0.05) is 0 Å². The number of hydrogen-bond acceptors (Lipinski definition) is 5. The highest BCUT2D eigenvalue weighted by Crippen LogP contribution is 2.28. The molecule has 10 heteroatoms. The maximum Gasteiger partial charge on any atom is 0.284 e. The van der Waals surface area contributed by atoms with E-state index in [0.717, 1.165) is 37.3 Å². The smallest absolute Gasteiger partial charge is 0.284 e. The first kappa shape index (κ1) is 18.0. The van der Waals surface area contributed by atoms with E-state index in [1.165, 1.54) is 17.9 Å². The molecule has 0 spiro atoms. The summed E-state index contributed by atoms with van der Waals surface area (Å²) in [5.41, 5.74) is 0.593. The molecular weight excluding hydrogens is 380 g/mol. The van der Waals surface area contributed by atoms with Gasteiger partial charge in [0.1, 0.15) is 11.5 Å². The van der Waals surface area contributed by atoms with Crippen molar-refractivity contribution < 1.29 is 13.6 Å². The molecule has 8 nitrogen and oxygen atoms in total. The summed E-state index contributed by atoms with van der Waals surface area (Å²) in [4.78, 5) is 15.1. The van der Waals surface area contributed by atoms with E-state index in [1.807, 2.05) is 12.1 Å². The van der Waals surface area contributed by atoms with Gasteiger partial charge in [0.2, 0.25) is 0 Å². The molecule has 2 atom stereocenters. The molecule has 3 aliphatic rings. The Morgan fingerprint density at radius 2 is 2.07 bits per heavy atom. The summed E-state index contributed by atoms with van der Waals surface area (Å²) in [6, 6.07) is 8.17. The van der Waals surface area contributed by atoms with Crippen LogP contribution in [0, 0.1) is 0 Å². The van der Waals surface area contributed by atoms with E-state index >= 15 is 0 Å². The van der Waals surface area contributed by atoms with E-state index in [0.29, 0.717) is 12.1 Å². The molecule has 0 aliphatic carbocycles. The Kier molecular flexibility index (Phi) is 4.23. The van der Waals surface area contributed by atoms with E-state index in [4.69, 9.17) is 0 Å². The van der Waals surface area contributed by atoms with Crippen molar-refractivity contribution in [3.63, 3.8) is 0 Å². The molecule has 1 amide bonds. The third-order valence-electron chi connectivity index (χ3n) is 5.68. The SMILES string of the molecule is Cn1cc(NC(=O)c2ccc3ccc(N4C[C@H]5CC[C@@H]4CN5)nn23)c(C(F)F)n1. The van der Waals surface area contributed by atoms with Crippen LogP contribution in [-0.2, 0) is 7.05 Å². The second-order valence-electron chi connectivity index (χ2n) is 7.59. The van der Waals surface area contributed by atoms with Gasteiger partial charge in [-0.05, 0) is 37.1 Å². The zero-order valence-corrected chi connectivity index (χ0v) is 15.8. The second kappa shape index (κ2) is 6.80. The number of carbonyl (C=O) groups is 1. The quantitative estimate of drug-likeness (QED) is 0.701. The molecule has 3 aromatic rings. The lowest BCUT2D eigenvalue weighted by Gasteiger charge is -2.46. The van der Waals surface area contributed by atoms with Crippen LogP contribution in [0.25, 0.3) is 5.52 Å². The number of carbonyl (C=O) groups excluding carboxylic acids is 1. The van der Waals surface area contributed by atoms with E-state index < -0.39 is 18.0 Å². The topological polar surface area (TPSA) is 79.5 Å². The van der Waals surface area contributed by atoms with Gasteiger partial charge in [0.15, 0.2) is 5.69 Å². The Labute approximate surface area is 165 Å². The van der Waals surface area contributed by atoms with Gasteiger partial charge in [-0.25, -0.2) is 13.3 Å². The van der Waals surface area contributed by atoms with Crippen molar-refractivity contribution in [2.75, 3.05) is 23.3 Å². The number of aryl methyl sites for hydroxylation is 1. The molecule has 2 N–H and O–H groups in total. The number of aromatic nitrogens is 4. The molecule has 0 radical (unpaired) electrons. The van der Waals surface area contributed by atoms with Crippen molar-refractivity contribution in [1.29, 1.82) is 0 Å². The number of nitrogens with zero attached hydrogens (tertiary/aromatic N) is 5. The minimum atomic E-state index is -2.77. The fraction of sp³-hybridized carbons (Fsp3) is 0.421. The van der Waals surface area contributed by atoms with Crippen molar-refractivity contribution in [3.05, 3.63) is 41.9 Å². The minimum absolute atomic E-state index is 0.00183. The van der Waals surface area contributed by atoms with Crippen LogP contribution in [0.4, 0.5) is 20.3 Å². The summed E-state index contributed by atoms with van der Waals surface area (Å²) in [5, 5.41) is 14.5. The zero-order valence-electron chi connectivity index (χ0n) is 15.8. The molecule has 3 aliphatic heterocycles. The van der Waals surface area contributed by atoms with Crippen LogP contribution in [0.1, 0.15) is 35.4 Å². The van der Waals surface area contributed by atoms with Crippen LogP contribution in [0.15, 0.2) is 30.5 Å². The summed E-state index contributed by atoms with van der Waals surface area (Å²) >= 11 is 0. The maximum absolute atomic E-state index is 13.2. The maximum atomic E-state index is 13.2. The number of fused-ring (bicyclic) bond motifs is 4. The number of amides is 1. The van der Waals surface area contributed by atoms with Crippen molar-refractivity contribution in [3.8, 4) is 0 Å². The molecule has 29 heavy (non-hydrogen) atoms. The van der Waals surface area contributed by atoms with Crippen LogP contribution < -0.4 is 15.5 Å². The average molecular weight is 401 g/mol. The van der Waals surface area contributed by atoms with E-state index in [-0.39, 0.29) is 11.4 Å². The number of rotatable bonds is 4.